The molecule has 1 rings (SSSR count). The number of ether oxygens (including phenoxy) is 2. The predicted molar refractivity (Wildman–Crippen MR) is 71.4 cm³/mol. The van der Waals surface area contributed by atoms with Crippen LogP contribution in [0, 0.1) is 0 Å². The lowest BCUT2D eigenvalue weighted by atomic mass is 10.3. The highest BCUT2D eigenvalue weighted by Gasteiger charge is 2.11. The average Bonchev–Trinajstić information content (AvgIpc) is 2.35. The molecule has 0 fully saturated rings. The van der Waals surface area contributed by atoms with E-state index in [1.165, 1.54) is 7.11 Å². The molecule has 1 atom stereocenters. The summed E-state index contributed by atoms with van der Waals surface area (Å²) in [6, 6.07) is 6.69. The molecule has 0 bridgehead atoms. The Morgan fingerprint density at radius 3 is 2.74 bits per heavy atom. The quantitative estimate of drug-likeness (QED) is 0.892. The Morgan fingerprint density at radius 1 is 1.37 bits per heavy atom. The van der Waals surface area contributed by atoms with Crippen LogP contribution in [0.25, 0.3) is 0 Å². The molecule has 0 unspecified atom stereocenters. The summed E-state index contributed by atoms with van der Waals surface area (Å²) in [4.78, 5) is 22.4. The molecule has 0 aliphatic carbocycles. The first-order valence-corrected chi connectivity index (χ1v) is 5.94. The summed E-state index contributed by atoms with van der Waals surface area (Å²) in [5.41, 5.74) is 0.533. The van der Waals surface area contributed by atoms with Crippen LogP contribution in [0.15, 0.2) is 24.3 Å². The Kier molecular flexibility index (Phi) is 5.95. The third kappa shape index (κ3) is 5.96. The summed E-state index contributed by atoms with van der Waals surface area (Å²) in [7, 11) is 1.26. The van der Waals surface area contributed by atoms with E-state index in [1.54, 1.807) is 31.2 Å². The Morgan fingerprint density at radius 2 is 2.11 bits per heavy atom. The number of nitrogens with one attached hydrogen (secondary N) is 2. The second-order valence-electron chi connectivity index (χ2n) is 3.72. The van der Waals surface area contributed by atoms with Crippen LogP contribution >= 0.6 is 11.6 Å². The molecule has 2 amide bonds. The molecule has 0 aliphatic rings. The van der Waals surface area contributed by atoms with Gasteiger partial charge in [-0.2, -0.15) is 0 Å². The van der Waals surface area contributed by atoms with Crippen molar-refractivity contribution in [1.82, 2.24) is 5.32 Å². The largest absolute Gasteiger partial charge is 0.453 e. The number of anilines is 1. The standard InChI is InChI=1S/C12H15ClN2O4/c1-8(7-14-11(16)18-2)19-12(17)15-10-5-3-4-9(13)6-10/h3-6,8H,7H2,1-2H3,(H,14,16)(H,15,17)/t8-/m1/s1. The zero-order valence-electron chi connectivity index (χ0n) is 10.6. The van der Waals surface area contributed by atoms with E-state index in [-0.39, 0.29) is 6.54 Å². The van der Waals surface area contributed by atoms with Gasteiger partial charge in [-0.3, -0.25) is 5.32 Å². The van der Waals surface area contributed by atoms with Gasteiger partial charge in [0.2, 0.25) is 0 Å². The summed E-state index contributed by atoms with van der Waals surface area (Å²) < 4.78 is 9.42. The van der Waals surface area contributed by atoms with Crippen molar-refractivity contribution in [2.24, 2.45) is 0 Å². The van der Waals surface area contributed by atoms with Gasteiger partial charge in [-0.05, 0) is 25.1 Å². The molecular weight excluding hydrogens is 272 g/mol. The van der Waals surface area contributed by atoms with Gasteiger partial charge in [0.25, 0.3) is 0 Å². The lowest BCUT2D eigenvalue weighted by Gasteiger charge is -2.14. The van der Waals surface area contributed by atoms with Crippen LogP contribution in [0.5, 0.6) is 0 Å². The SMILES string of the molecule is COC(=O)NC[C@@H](C)OC(=O)Nc1cccc(Cl)c1. The van der Waals surface area contributed by atoms with Crippen molar-refractivity contribution in [3.05, 3.63) is 29.3 Å². The summed E-state index contributed by atoms with van der Waals surface area (Å²) >= 11 is 5.78. The lowest BCUT2D eigenvalue weighted by Crippen LogP contribution is -2.34. The van der Waals surface area contributed by atoms with E-state index < -0.39 is 18.3 Å². The number of carbonyl (C=O) groups excluding carboxylic acids is 2. The van der Waals surface area contributed by atoms with Gasteiger partial charge < -0.3 is 14.8 Å². The number of halogens is 1. The smallest absolute Gasteiger partial charge is 0.411 e. The molecule has 19 heavy (non-hydrogen) atoms. The van der Waals surface area contributed by atoms with Gasteiger partial charge in [-0.1, -0.05) is 17.7 Å². The molecule has 0 saturated carbocycles. The minimum atomic E-state index is -0.624. The number of hydrogen-bond acceptors (Lipinski definition) is 4. The Labute approximate surface area is 116 Å². The van der Waals surface area contributed by atoms with E-state index in [4.69, 9.17) is 16.3 Å². The van der Waals surface area contributed by atoms with Crippen LogP contribution in [-0.4, -0.2) is 31.9 Å². The predicted octanol–water partition coefficient (Wildman–Crippen LogP) is 2.63. The van der Waals surface area contributed by atoms with Crippen LogP contribution in [-0.2, 0) is 9.47 Å². The first kappa shape index (κ1) is 15.1. The van der Waals surface area contributed by atoms with E-state index >= 15 is 0 Å². The number of hydrogen-bond donors (Lipinski definition) is 2. The van der Waals surface area contributed by atoms with Crippen LogP contribution in [0.1, 0.15) is 6.92 Å². The molecule has 0 aromatic heterocycles. The maximum atomic E-state index is 11.5. The second-order valence-corrected chi connectivity index (χ2v) is 4.16. The van der Waals surface area contributed by atoms with Crippen LogP contribution in [0.4, 0.5) is 15.3 Å². The maximum Gasteiger partial charge on any atom is 0.411 e. The average molecular weight is 287 g/mol. The van der Waals surface area contributed by atoms with Crippen LogP contribution in [0.3, 0.4) is 0 Å². The lowest BCUT2D eigenvalue weighted by molar-refractivity contribution is 0.115. The molecule has 7 heteroatoms. The Bertz CT molecular complexity index is 453. The van der Waals surface area contributed by atoms with Gasteiger partial charge in [-0.15, -0.1) is 0 Å². The van der Waals surface area contributed by atoms with E-state index in [0.717, 1.165) is 0 Å². The summed E-state index contributed by atoms with van der Waals surface area (Å²) in [6.45, 7) is 1.81. The highest BCUT2D eigenvalue weighted by Crippen LogP contribution is 2.15. The second kappa shape index (κ2) is 7.48. The van der Waals surface area contributed by atoms with Gasteiger partial charge >= 0.3 is 12.2 Å². The topological polar surface area (TPSA) is 76.7 Å². The van der Waals surface area contributed by atoms with Crippen LogP contribution in [0.2, 0.25) is 5.02 Å². The van der Waals surface area contributed by atoms with Crippen LogP contribution < -0.4 is 10.6 Å². The van der Waals surface area contributed by atoms with Gasteiger partial charge in [0, 0.05) is 10.7 Å². The Hall–Kier alpha value is -1.95. The number of carbonyl (C=O) groups is 2. The van der Waals surface area contributed by atoms with E-state index in [9.17, 15) is 9.59 Å². The first-order valence-electron chi connectivity index (χ1n) is 5.56. The van der Waals surface area contributed by atoms with Gasteiger partial charge in [-0.25, -0.2) is 9.59 Å². The van der Waals surface area contributed by atoms with Gasteiger partial charge in [0.05, 0.1) is 13.7 Å². The molecule has 1 aromatic carbocycles. The molecule has 0 aliphatic heterocycles. The molecule has 2 N–H and O–H groups in total. The first-order chi connectivity index (χ1) is 9.01. The monoisotopic (exact) mass is 286 g/mol. The van der Waals surface area contributed by atoms with Gasteiger partial charge in [0.1, 0.15) is 6.10 Å². The fraction of sp³-hybridized carbons (Fsp3) is 0.333. The van der Waals surface area contributed by atoms with Crippen molar-refractivity contribution in [3.63, 3.8) is 0 Å². The third-order valence-corrected chi connectivity index (χ3v) is 2.33. The number of methoxy groups -OCH3 is 1. The summed E-state index contributed by atoms with van der Waals surface area (Å²) in [6.07, 6.45) is -1.69. The van der Waals surface area contributed by atoms with Crippen molar-refractivity contribution in [2.45, 2.75) is 13.0 Å². The number of benzene rings is 1. The molecular formula is C12H15ClN2O4. The third-order valence-electron chi connectivity index (χ3n) is 2.10. The van der Waals surface area contributed by atoms with E-state index in [0.29, 0.717) is 10.7 Å². The fourth-order valence-corrected chi connectivity index (χ4v) is 1.43. The summed E-state index contributed by atoms with van der Waals surface area (Å²) in [5, 5.41) is 5.46. The minimum Gasteiger partial charge on any atom is -0.453 e. The highest BCUT2D eigenvalue weighted by atomic mass is 35.5. The minimum absolute atomic E-state index is 0.162. The van der Waals surface area contributed by atoms with Crippen molar-refractivity contribution in [3.8, 4) is 0 Å². The van der Waals surface area contributed by atoms with Crippen molar-refractivity contribution >= 4 is 29.5 Å². The number of amides is 2. The normalized spacial score (nSPS) is 11.3. The Balaban J connectivity index is 2.36. The molecule has 0 spiro atoms. The zero-order valence-corrected chi connectivity index (χ0v) is 11.4. The summed E-state index contributed by atoms with van der Waals surface area (Å²) in [5.74, 6) is 0. The molecule has 6 nitrogen and oxygen atoms in total. The molecule has 1 aromatic rings. The molecule has 0 heterocycles. The highest BCUT2D eigenvalue weighted by molar-refractivity contribution is 6.30. The van der Waals surface area contributed by atoms with Crippen molar-refractivity contribution in [2.75, 3.05) is 19.0 Å². The fourth-order valence-electron chi connectivity index (χ4n) is 1.24. The zero-order chi connectivity index (χ0) is 14.3. The van der Waals surface area contributed by atoms with E-state index in [2.05, 4.69) is 15.4 Å². The van der Waals surface area contributed by atoms with Crippen molar-refractivity contribution < 1.29 is 19.1 Å². The maximum absolute atomic E-state index is 11.5. The number of rotatable bonds is 4. The molecule has 0 radical (unpaired) electrons. The molecule has 104 valence electrons. The molecule has 0 saturated heterocycles. The van der Waals surface area contributed by atoms with Crippen molar-refractivity contribution in [1.29, 1.82) is 0 Å². The van der Waals surface area contributed by atoms with E-state index in [1.807, 2.05) is 0 Å². The van der Waals surface area contributed by atoms with Gasteiger partial charge in [0.15, 0.2) is 0 Å². The number of alkyl carbamates (subject to hydrolysis) is 1.